The van der Waals surface area contributed by atoms with E-state index in [1.54, 1.807) is 4.90 Å². The third-order valence-corrected chi connectivity index (χ3v) is 4.35. The Morgan fingerprint density at radius 2 is 2.12 bits per heavy atom. The fraction of sp³-hybridized carbons (Fsp3) is 0.500. The van der Waals surface area contributed by atoms with Crippen LogP contribution >= 0.6 is 0 Å². The first-order chi connectivity index (χ1) is 11.4. The van der Waals surface area contributed by atoms with Crippen molar-refractivity contribution in [3.8, 4) is 0 Å². The molecule has 2 amide bonds. The van der Waals surface area contributed by atoms with Crippen LogP contribution < -0.4 is 5.32 Å². The van der Waals surface area contributed by atoms with Crippen LogP contribution in [0.1, 0.15) is 39.1 Å². The van der Waals surface area contributed by atoms with Gasteiger partial charge >= 0.3 is 0 Å². The number of rotatable bonds is 5. The molecule has 1 fully saturated rings. The lowest BCUT2D eigenvalue weighted by Crippen LogP contribution is -2.35. The highest BCUT2D eigenvalue weighted by atomic mass is 16.2. The van der Waals surface area contributed by atoms with Gasteiger partial charge in [0.1, 0.15) is 5.82 Å². The number of benzene rings is 1. The summed E-state index contributed by atoms with van der Waals surface area (Å²) in [5, 5.41) is 2.98. The summed E-state index contributed by atoms with van der Waals surface area (Å²) < 4.78 is 0. The van der Waals surface area contributed by atoms with Crippen LogP contribution in [-0.4, -0.2) is 39.8 Å². The van der Waals surface area contributed by atoms with E-state index in [4.69, 9.17) is 0 Å². The maximum Gasteiger partial charge on any atom is 0.226 e. The molecule has 128 valence electrons. The molecule has 1 aromatic heterocycles. The van der Waals surface area contributed by atoms with E-state index in [0.717, 1.165) is 16.9 Å². The first-order valence-corrected chi connectivity index (χ1v) is 8.47. The fourth-order valence-electron chi connectivity index (χ4n) is 3.14. The third-order valence-electron chi connectivity index (χ3n) is 4.35. The molecular weight excluding hydrogens is 304 g/mol. The van der Waals surface area contributed by atoms with Crippen molar-refractivity contribution in [3.05, 3.63) is 30.1 Å². The van der Waals surface area contributed by atoms with Crippen molar-refractivity contribution in [1.82, 2.24) is 20.2 Å². The minimum Gasteiger partial charge on any atom is -0.346 e. The number of aromatic amines is 1. The lowest BCUT2D eigenvalue weighted by Gasteiger charge is -2.19. The number of H-pyrrole nitrogens is 1. The van der Waals surface area contributed by atoms with Gasteiger partial charge in [-0.05, 0) is 25.0 Å². The summed E-state index contributed by atoms with van der Waals surface area (Å²) in [6.45, 7) is 7.27. The Bertz CT molecular complexity index is 719. The second kappa shape index (κ2) is 6.63. The quantitative estimate of drug-likeness (QED) is 0.883. The lowest BCUT2D eigenvalue weighted by molar-refractivity contribution is -0.129. The SMILES string of the molecule is CC(C)CN1C[C@H](C(=O)N[C@@H](C)c2nc3ccccc3[nH]2)CC1=O. The third kappa shape index (κ3) is 3.42. The number of nitrogens with one attached hydrogen (secondary N) is 2. The number of fused-ring (bicyclic) bond motifs is 1. The Balaban J connectivity index is 1.63. The van der Waals surface area contributed by atoms with Gasteiger partial charge in [0.25, 0.3) is 0 Å². The minimum absolute atomic E-state index is 0.0697. The summed E-state index contributed by atoms with van der Waals surface area (Å²) in [5.74, 6) is 0.851. The molecule has 1 saturated heterocycles. The van der Waals surface area contributed by atoms with Gasteiger partial charge in [-0.15, -0.1) is 0 Å². The number of carbonyl (C=O) groups is 2. The number of hydrogen-bond acceptors (Lipinski definition) is 3. The van der Waals surface area contributed by atoms with Crippen molar-refractivity contribution < 1.29 is 9.59 Å². The number of hydrogen-bond donors (Lipinski definition) is 2. The van der Waals surface area contributed by atoms with Crippen LogP contribution in [0.5, 0.6) is 0 Å². The Labute approximate surface area is 141 Å². The zero-order valence-corrected chi connectivity index (χ0v) is 14.4. The van der Waals surface area contributed by atoms with Gasteiger partial charge in [-0.1, -0.05) is 26.0 Å². The van der Waals surface area contributed by atoms with Crippen molar-refractivity contribution in [2.45, 2.75) is 33.2 Å². The molecular formula is C18H24N4O2. The highest BCUT2D eigenvalue weighted by Crippen LogP contribution is 2.21. The number of nitrogens with zero attached hydrogens (tertiary/aromatic N) is 2. The normalized spacial score (nSPS) is 19.2. The number of para-hydroxylation sites is 2. The van der Waals surface area contributed by atoms with Crippen molar-refractivity contribution in [2.24, 2.45) is 11.8 Å². The summed E-state index contributed by atoms with van der Waals surface area (Å²) in [5.41, 5.74) is 1.83. The van der Waals surface area contributed by atoms with Gasteiger partial charge in [0.05, 0.1) is 23.0 Å². The average Bonchev–Trinajstić information content (AvgIpc) is 3.11. The van der Waals surface area contributed by atoms with Crippen molar-refractivity contribution >= 4 is 22.8 Å². The summed E-state index contributed by atoms with van der Waals surface area (Å²) in [6.07, 6.45) is 0.297. The van der Waals surface area contributed by atoms with Crippen molar-refractivity contribution in [3.63, 3.8) is 0 Å². The van der Waals surface area contributed by atoms with Gasteiger partial charge < -0.3 is 15.2 Å². The maximum absolute atomic E-state index is 12.5. The average molecular weight is 328 g/mol. The van der Waals surface area contributed by atoms with Crippen LogP contribution in [0.3, 0.4) is 0 Å². The van der Waals surface area contributed by atoms with Gasteiger partial charge in [0.2, 0.25) is 11.8 Å². The molecule has 2 atom stereocenters. The molecule has 2 aromatic rings. The maximum atomic E-state index is 12.5. The zero-order valence-electron chi connectivity index (χ0n) is 14.4. The Hall–Kier alpha value is -2.37. The largest absolute Gasteiger partial charge is 0.346 e. The van der Waals surface area contributed by atoms with E-state index in [0.29, 0.717) is 25.4 Å². The van der Waals surface area contributed by atoms with E-state index in [1.807, 2.05) is 31.2 Å². The second-order valence-corrected chi connectivity index (χ2v) is 6.96. The molecule has 3 rings (SSSR count). The molecule has 6 nitrogen and oxygen atoms in total. The number of aromatic nitrogens is 2. The Morgan fingerprint density at radius 1 is 1.38 bits per heavy atom. The monoisotopic (exact) mass is 328 g/mol. The van der Waals surface area contributed by atoms with Crippen LogP contribution in [0, 0.1) is 11.8 Å². The molecule has 0 spiro atoms. The van der Waals surface area contributed by atoms with Crippen molar-refractivity contribution in [1.29, 1.82) is 0 Å². The van der Waals surface area contributed by atoms with E-state index in [1.165, 1.54) is 0 Å². The van der Waals surface area contributed by atoms with Gasteiger partial charge in [-0.3, -0.25) is 9.59 Å². The van der Waals surface area contributed by atoms with Gasteiger partial charge in [-0.25, -0.2) is 4.98 Å². The van der Waals surface area contributed by atoms with Crippen LogP contribution in [0.25, 0.3) is 11.0 Å². The fourth-order valence-corrected chi connectivity index (χ4v) is 3.14. The summed E-state index contributed by atoms with van der Waals surface area (Å²) in [4.78, 5) is 34.1. The lowest BCUT2D eigenvalue weighted by atomic mass is 10.1. The zero-order chi connectivity index (χ0) is 17.3. The van der Waals surface area contributed by atoms with E-state index in [2.05, 4.69) is 29.1 Å². The predicted octanol–water partition coefficient (Wildman–Crippen LogP) is 2.24. The first kappa shape index (κ1) is 16.5. The summed E-state index contributed by atoms with van der Waals surface area (Å²) in [6, 6.07) is 7.55. The van der Waals surface area contributed by atoms with E-state index >= 15 is 0 Å². The molecule has 1 aliphatic heterocycles. The van der Waals surface area contributed by atoms with Gasteiger partial charge in [0.15, 0.2) is 0 Å². The van der Waals surface area contributed by atoms with Crippen LogP contribution in [0.4, 0.5) is 0 Å². The molecule has 0 radical (unpaired) electrons. The van der Waals surface area contributed by atoms with Crippen LogP contribution in [0.15, 0.2) is 24.3 Å². The molecule has 24 heavy (non-hydrogen) atoms. The molecule has 0 unspecified atom stereocenters. The molecule has 2 heterocycles. The smallest absolute Gasteiger partial charge is 0.226 e. The minimum atomic E-state index is -0.275. The Morgan fingerprint density at radius 3 is 2.83 bits per heavy atom. The second-order valence-electron chi connectivity index (χ2n) is 6.96. The highest BCUT2D eigenvalue weighted by Gasteiger charge is 2.35. The molecule has 1 aliphatic rings. The number of amides is 2. The van der Waals surface area contributed by atoms with Crippen molar-refractivity contribution in [2.75, 3.05) is 13.1 Å². The van der Waals surface area contributed by atoms with E-state index in [-0.39, 0.29) is 23.8 Å². The molecule has 2 N–H and O–H groups in total. The summed E-state index contributed by atoms with van der Waals surface area (Å²) in [7, 11) is 0. The summed E-state index contributed by atoms with van der Waals surface area (Å²) >= 11 is 0. The number of likely N-dealkylation sites (tertiary alicyclic amines) is 1. The van der Waals surface area contributed by atoms with Crippen LogP contribution in [-0.2, 0) is 9.59 Å². The molecule has 0 aliphatic carbocycles. The van der Waals surface area contributed by atoms with Gasteiger partial charge in [0, 0.05) is 19.5 Å². The molecule has 1 aromatic carbocycles. The molecule has 6 heteroatoms. The highest BCUT2D eigenvalue weighted by molar-refractivity contribution is 5.89. The molecule has 0 saturated carbocycles. The number of imidazole rings is 1. The Kier molecular flexibility index (Phi) is 4.55. The first-order valence-electron chi connectivity index (χ1n) is 8.47. The predicted molar refractivity (Wildman–Crippen MR) is 92.2 cm³/mol. The molecule has 0 bridgehead atoms. The van der Waals surface area contributed by atoms with Crippen LogP contribution in [0.2, 0.25) is 0 Å². The van der Waals surface area contributed by atoms with E-state index in [9.17, 15) is 9.59 Å². The van der Waals surface area contributed by atoms with Gasteiger partial charge in [-0.2, -0.15) is 0 Å². The number of carbonyl (C=O) groups excluding carboxylic acids is 2. The standard InChI is InChI=1S/C18H24N4O2/c1-11(2)9-22-10-13(8-16(22)23)18(24)19-12(3)17-20-14-6-4-5-7-15(14)21-17/h4-7,11-13H,8-10H2,1-3H3,(H,19,24)(H,20,21)/t12-,13+/m0/s1. The van der Waals surface area contributed by atoms with E-state index < -0.39 is 0 Å². The topological polar surface area (TPSA) is 78.1 Å².